The molecule has 118 valence electrons. The van der Waals surface area contributed by atoms with Crippen molar-refractivity contribution in [3.05, 3.63) is 34.1 Å². The maximum absolute atomic E-state index is 13.6. The van der Waals surface area contributed by atoms with Gasteiger partial charge in [-0.25, -0.2) is 4.39 Å². The summed E-state index contributed by atoms with van der Waals surface area (Å²) in [6.07, 6.45) is 2.84. The fraction of sp³-hybridized carbons (Fsp3) is 0.533. The van der Waals surface area contributed by atoms with Crippen molar-refractivity contribution in [1.82, 2.24) is 10.2 Å². The number of nitrogens with one attached hydrogen (secondary N) is 1. The zero-order chi connectivity index (χ0) is 14.5. The van der Waals surface area contributed by atoms with Crippen LogP contribution in [0.15, 0.2) is 22.7 Å². The summed E-state index contributed by atoms with van der Waals surface area (Å²) in [7, 11) is 0. The number of halogens is 3. The molecule has 1 aromatic carbocycles. The number of hydrogen-bond acceptors (Lipinski definition) is 2. The Morgan fingerprint density at radius 2 is 2.10 bits per heavy atom. The summed E-state index contributed by atoms with van der Waals surface area (Å²) in [5.74, 6) is -0.456. The largest absolute Gasteiger partial charge is 0.336 e. The lowest BCUT2D eigenvalue weighted by atomic mass is 10.0. The molecule has 1 N–H and O–H groups in total. The summed E-state index contributed by atoms with van der Waals surface area (Å²) in [4.78, 5) is 14.5. The van der Waals surface area contributed by atoms with Crippen molar-refractivity contribution in [3.63, 3.8) is 0 Å². The summed E-state index contributed by atoms with van der Waals surface area (Å²) < 4.78 is 14.0. The molecule has 0 spiro atoms. The van der Waals surface area contributed by atoms with E-state index in [2.05, 4.69) is 28.2 Å². The summed E-state index contributed by atoms with van der Waals surface area (Å²) in [5, 5.41) is 3.30. The minimum Gasteiger partial charge on any atom is -0.336 e. The first-order valence-electron chi connectivity index (χ1n) is 7.10. The third-order valence-corrected chi connectivity index (χ3v) is 4.28. The van der Waals surface area contributed by atoms with E-state index in [1.165, 1.54) is 6.07 Å². The van der Waals surface area contributed by atoms with E-state index in [1.54, 1.807) is 12.1 Å². The molecule has 3 nitrogen and oxygen atoms in total. The van der Waals surface area contributed by atoms with E-state index in [4.69, 9.17) is 0 Å². The van der Waals surface area contributed by atoms with Gasteiger partial charge in [0.05, 0.1) is 4.47 Å². The van der Waals surface area contributed by atoms with E-state index in [-0.39, 0.29) is 24.4 Å². The second kappa shape index (κ2) is 8.71. The highest BCUT2D eigenvalue weighted by Gasteiger charge is 2.25. The van der Waals surface area contributed by atoms with E-state index >= 15 is 0 Å². The Bertz CT molecular complexity index is 481. The number of nitrogens with zero attached hydrogens (tertiary/aromatic N) is 1. The van der Waals surface area contributed by atoms with Crippen LogP contribution in [0.2, 0.25) is 0 Å². The molecule has 1 fully saturated rings. The van der Waals surface area contributed by atoms with Crippen molar-refractivity contribution in [3.8, 4) is 0 Å². The summed E-state index contributed by atoms with van der Waals surface area (Å²) >= 11 is 3.11. The van der Waals surface area contributed by atoms with Crippen molar-refractivity contribution in [2.45, 2.75) is 32.2 Å². The van der Waals surface area contributed by atoms with Gasteiger partial charge in [0, 0.05) is 18.2 Å². The Labute approximate surface area is 139 Å². The lowest BCUT2D eigenvalue weighted by Crippen LogP contribution is -2.46. The topological polar surface area (TPSA) is 32.3 Å². The number of carbonyl (C=O) groups excluding carboxylic acids is 1. The highest BCUT2D eigenvalue weighted by Crippen LogP contribution is 2.20. The zero-order valence-corrected chi connectivity index (χ0v) is 14.5. The molecule has 1 aromatic rings. The van der Waals surface area contributed by atoms with Gasteiger partial charge in [0.2, 0.25) is 0 Å². The summed E-state index contributed by atoms with van der Waals surface area (Å²) in [5.41, 5.74) is 0.428. The summed E-state index contributed by atoms with van der Waals surface area (Å²) in [6.45, 7) is 4.66. The van der Waals surface area contributed by atoms with Crippen LogP contribution >= 0.6 is 28.3 Å². The van der Waals surface area contributed by atoms with Gasteiger partial charge in [-0.2, -0.15) is 0 Å². The number of piperidine rings is 1. The highest BCUT2D eigenvalue weighted by atomic mass is 79.9. The van der Waals surface area contributed by atoms with Crippen LogP contribution in [-0.2, 0) is 0 Å². The molecule has 2 rings (SSSR count). The second-order valence-electron chi connectivity index (χ2n) is 5.11. The Balaban J connectivity index is 0.00000220. The number of benzene rings is 1. The molecule has 0 aromatic heterocycles. The lowest BCUT2D eigenvalue weighted by Gasteiger charge is -2.34. The molecule has 1 heterocycles. The number of rotatable bonds is 4. The smallest absolute Gasteiger partial charge is 0.254 e. The van der Waals surface area contributed by atoms with Gasteiger partial charge in [-0.05, 0) is 66.5 Å². The lowest BCUT2D eigenvalue weighted by molar-refractivity contribution is 0.0642. The average Bonchev–Trinajstić information content (AvgIpc) is 2.48. The van der Waals surface area contributed by atoms with Crippen LogP contribution in [0.5, 0.6) is 0 Å². The van der Waals surface area contributed by atoms with Gasteiger partial charge in [0.25, 0.3) is 5.91 Å². The van der Waals surface area contributed by atoms with Crippen LogP contribution in [0.3, 0.4) is 0 Å². The molecule has 0 radical (unpaired) electrons. The monoisotopic (exact) mass is 378 g/mol. The highest BCUT2D eigenvalue weighted by molar-refractivity contribution is 9.10. The van der Waals surface area contributed by atoms with Gasteiger partial charge in [-0.1, -0.05) is 6.92 Å². The minimum absolute atomic E-state index is 0. The first-order valence-corrected chi connectivity index (χ1v) is 7.89. The minimum atomic E-state index is -0.391. The third kappa shape index (κ3) is 4.66. The fourth-order valence-corrected chi connectivity index (χ4v) is 2.85. The zero-order valence-electron chi connectivity index (χ0n) is 12.1. The summed E-state index contributed by atoms with van der Waals surface area (Å²) in [6, 6.07) is 4.85. The first-order chi connectivity index (χ1) is 9.63. The first kappa shape index (κ1) is 18.4. The normalized spacial score (nSPS) is 15.4. The van der Waals surface area contributed by atoms with Crippen LogP contribution in [0.25, 0.3) is 0 Å². The second-order valence-corrected chi connectivity index (χ2v) is 5.96. The standard InChI is InChI=1S/C15H20BrFN2O.ClH/c1-2-9-19(12-5-7-18-8-6-12)15(20)11-3-4-13(16)14(17)10-11;/h3-4,10,12,18H,2,5-9H2,1H3;1H. The molecule has 1 aliphatic heterocycles. The van der Waals surface area contributed by atoms with Gasteiger partial charge in [0.1, 0.15) is 5.82 Å². The molecule has 21 heavy (non-hydrogen) atoms. The van der Waals surface area contributed by atoms with Crippen LogP contribution < -0.4 is 5.32 Å². The van der Waals surface area contributed by atoms with Crippen molar-refractivity contribution < 1.29 is 9.18 Å². The molecule has 0 bridgehead atoms. The molecule has 6 heteroatoms. The van der Waals surface area contributed by atoms with E-state index < -0.39 is 5.82 Å². The molecule has 0 saturated carbocycles. The fourth-order valence-electron chi connectivity index (χ4n) is 2.60. The molecule has 1 saturated heterocycles. The molecule has 1 aliphatic rings. The van der Waals surface area contributed by atoms with Gasteiger partial charge in [-0.15, -0.1) is 12.4 Å². The van der Waals surface area contributed by atoms with Crippen LogP contribution in [0, 0.1) is 5.82 Å². The molecular weight excluding hydrogens is 359 g/mol. The van der Waals surface area contributed by atoms with Crippen LogP contribution in [-0.4, -0.2) is 36.5 Å². The molecular formula is C15H21BrClFN2O. The molecule has 1 amide bonds. The number of amides is 1. The quantitative estimate of drug-likeness (QED) is 0.866. The van der Waals surface area contributed by atoms with Crippen LogP contribution in [0.1, 0.15) is 36.5 Å². The van der Waals surface area contributed by atoms with Gasteiger partial charge in [0.15, 0.2) is 0 Å². The Morgan fingerprint density at radius 1 is 1.43 bits per heavy atom. The number of hydrogen-bond donors (Lipinski definition) is 1. The van der Waals surface area contributed by atoms with Crippen molar-refractivity contribution >= 4 is 34.2 Å². The SMILES string of the molecule is CCCN(C(=O)c1ccc(Br)c(F)c1)C1CCNCC1.Cl. The Morgan fingerprint density at radius 3 is 2.67 bits per heavy atom. The maximum atomic E-state index is 13.6. The molecule has 0 aliphatic carbocycles. The Kier molecular flexibility index (Phi) is 7.63. The molecule has 0 atom stereocenters. The van der Waals surface area contributed by atoms with Crippen LogP contribution in [0.4, 0.5) is 4.39 Å². The number of carbonyl (C=O) groups is 1. The predicted molar refractivity (Wildman–Crippen MR) is 88.6 cm³/mol. The van der Waals surface area contributed by atoms with Crippen molar-refractivity contribution in [1.29, 1.82) is 0 Å². The molecule has 0 unspecified atom stereocenters. The third-order valence-electron chi connectivity index (χ3n) is 3.64. The van der Waals surface area contributed by atoms with Gasteiger partial charge < -0.3 is 10.2 Å². The van der Waals surface area contributed by atoms with E-state index in [9.17, 15) is 9.18 Å². The predicted octanol–water partition coefficient (Wildman–Crippen LogP) is 3.61. The van der Waals surface area contributed by atoms with Gasteiger partial charge >= 0.3 is 0 Å². The average molecular weight is 380 g/mol. The van der Waals surface area contributed by atoms with Crippen molar-refractivity contribution in [2.75, 3.05) is 19.6 Å². The van der Waals surface area contributed by atoms with E-state index in [1.807, 2.05) is 4.90 Å². The van der Waals surface area contributed by atoms with Crippen molar-refractivity contribution in [2.24, 2.45) is 0 Å². The maximum Gasteiger partial charge on any atom is 0.254 e. The van der Waals surface area contributed by atoms with E-state index in [0.29, 0.717) is 10.0 Å². The van der Waals surface area contributed by atoms with E-state index in [0.717, 1.165) is 38.9 Å². The van der Waals surface area contributed by atoms with Gasteiger partial charge in [-0.3, -0.25) is 4.79 Å². The Hall–Kier alpha value is -0.650.